The number of hydrogen-bond acceptors (Lipinski definition) is 5. The molecule has 0 spiro atoms. The molecule has 138 valence electrons. The van der Waals surface area contributed by atoms with Gasteiger partial charge in [0.25, 0.3) is 0 Å². The minimum Gasteiger partial charge on any atom is -0.398 e. The maximum absolute atomic E-state index is 12.0. The molecule has 6 nitrogen and oxygen atoms in total. The summed E-state index contributed by atoms with van der Waals surface area (Å²) in [6.45, 7) is 6.21. The summed E-state index contributed by atoms with van der Waals surface area (Å²) in [7, 11) is 0. The smallest absolute Gasteiger partial charge is 0.391 e. The van der Waals surface area contributed by atoms with Crippen molar-refractivity contribution in [1.82, 2.24) is 9.88 Å². The number of amides is 1. The van der Waals surface area contributed by atoms with Crippen molar-refractivity contribution in [2.75, 3.05) is 31.1 Å². The Labute approximate surface area is 158 Å². The Bertz CT molecular complexity index is 906. The van der Waals surface area contributed by atoms with E-state index in [-0.39, 0.29) is 11.8 Å². The van der Waals surface area contributed by atoms with E-state index in [0.29, 0.717) is 26.2 Å². The van der Waals surface area contributed by atoms with Gasteiger partial charge in [0.2, 0.25) is 11.8 Å². The predicted molar refractivity (Wildman–Crippen MR) is 102 cm³/mol. The Morgan fingerprint density at radius 1 is 1.04 bits per heavy atom. The van der Waals surface area contributed by atoms with Gasteiger partial charge in [-0.2, -0.15) is 4.98 Å². The van der Waals surface area contributed by atoms with Crippen LogP contribution in [0.5, 0.6) is 5.88 Å². The van der Waals surface area contributed by atoms with Crippen LogP contribution in [0.4, 0.5) is 5.82 Å². The number of aromatic nitrogens is 1. The van der Waals surface area contributed by atoms with Crippen LogP contribution in [0.15, 0.2) is 42.5 Å². The Morgan fingerprint density at radius 2 is 1.78 bits per heavy atom. The van der Waals surface area contributed by atoms with Gasteiger partial charge in [-0.15, -0.1) is 0 Å². The number of pyridine rings is 1. The van der Waals surface area contributed by atoms with Crippen LogP contribution in [0.2, 0.25) is 0 Å². The molecule has 0 aliphatic carbocycles. The molecule has 1 aromatic carbocycles. The van der Waals surface area contributed by atoms with Gasteiger partial charge in [-0.1, -0.05) is 30.2 Å². The lowest BCUT2D eigenvalue weighted by molar-refractivity contribution is -0.129. The van der Waals surface area contributed by atoms with Gasteiger partial charge in [0, 0.05) is 50.7 Å². The minimum absolute atomic E-state index is 0.0810. The van der Waals surface area contributed by atoms with Crippen molar-refractivity contribution in [3.63, 3.8) is 0 Å². The topological polar surface area (TPSA) is 62.7 Å². The summed E-state index contributed by atoms with van der Waals surface area (Å²) in [6.07, 6.45) is 0. The van der Waals surface area contributed by atoms with Crippen molar-refractivity contribution in [1.29, 1.82) is 0 Å². The van der Waals surface area contributed by atoms with E-state index in [1.807, 2.05) is 42.2 Å². The molecule has 3 rings (SSSR count). The molecule has 0 radical (unpaired) electrons. The van der Waals surface area contributed by atoms with E-state index in [1.165, 1.54) is 0 Å². The lowest BCUT2D eigenvalue weighted by Crippen LogP contribution is -2.48. The largest absolute Gasteiger partial charge is 0.398 e. The maximum atomic E-state index is 12.0. The van der Waals surface area contributed by atoms with Crippen LogP contribution in [0.25, 0.3) is 0 Å². The molecule has 0 N–H and O–H groups in total. The predicted octanol–water partition coefficient (Wildman–Crippen LogP) is 2.02. The molecule has 1 aliphatic rings. The number of esters is 1. The number of anilines is 1. The van der Waals surface area contributed by atoms with Crippen LogP contribution in [-0.2, 0) is 9.59 Å². The normalized spacial score (nSPS) is 13.6. The van der Waals surface area contributed by atoms with Crippen molar-refractivity contribution >= 4 is 17.7 Å². The van der Waals surface area contributed by atoms with E-state index in [0.717, 1.165) is 16.9 Å². The lowest BCUT2D eigenvalue weighted by atomic mass is 10.1. The molecule has 0 saturated carbocycles. The fourth-order valence-electron chi connectivity index (χ4n) is 2.84. The Morgan fingerprint density at radius 3 is 2.48 bits per heavy atom. The fraction of sp³-hybridized carbons (Fsp3) is 0.286. The van der Waals surface area contributed by atoms with E-state index in [2.05, 4.69) is 21.7 Å². The molecule has 2 heterocycles. The first kappa shape index (κ1) is 18.5. The van der Waals surface area contributed by atoms with Gasteiger partial charge in [0.15, 0.2) is 0 Å². The molecule has 6 heteroatoms. The second-order valence-electron chi connectivity index (χ2n) is 6.28. The SMILES string of the molecule is CC(=O)N1CCN(c2cccc(OC(=O)C#Cc3ccccc3C)n2)CC1. The number of nitrogens with zero attached hydrogens (tertiary/aromatic N) is 3. The highest BCUT2D eigenvalue weighted by atomic mass is 16.5. The van der Waals surface area contributed by atoms with Gasteiger partial charge in [-0.3, -0.25) is 4.79 Å². The van der Waals surface area contributed by atoms with Gasteiger partial charge in [0.05, 0.1) is 0 Å². The van der Waals surface area contributed by atoms with E-state index in [4.69, 9.17) is 4.74 Å². The molecule has 1 amide bonds. The maximum Gasteiger partial charge on any atom is 0.391 e. The Hall–Kier alpha value is -3.33. The van der Waals surface area contributed by atoms with E-state index in [1.54, 1.807) is 19.1 Å². The third kappa shape index (κ3) is 4.85. The number of piperazine rings is 1. The van der Waals surface area contributed by atoms with Crippen LogP contribution in [0.1, 0.15) is 18.1 Å². The first-order valence-corrected chi connectivity index (χ1v) is 8.80. The molecular formula is C21H21N3O3. The number of rotatable bonds is 2. The highest BCUT2D eigenvalue weighted by Gasteiger charge is 2.19. The zero-order valence-electron chi connectivity index (χ0n) is 15.4. The highest BCUT2D eigenvalue weighted by molar-refractivity contribution is 5.90. The number of carbonyl (C=O) groups is 2. The monoisotopic (exact) mass is 363 g/mol. The number of carbonyl (C=O) groups excluding carboxylic acids is 2. The molecule has 1 saturated heterocycles. The molecule has 0 unspecified atom stereocenters. The molecule has 27 heavy (non-hydrogen) atoms. The lowest BCUT2D eigenvalue weighted by Gasteiger charge is -2.34. The number of benzene rings is 1. The van der Waals surface area contributed by atoms with Crippen LogP contribution in [0.3, 0.4) is 0 Å². The average Bonchev–Trinajstić information content (AvgIpc) is 2.67. The minimum atomic E-state index is -0.649. The highest BCUT2D eigenvalue weighted by Crippen LogP contribution is 2.18. The second-order valence-corrected chi connectivity index (χ2v) is 6.28. The van der Waals surface area contributed by atoms with E-state index in [9.17, 15) is 9.59 Å². The summed E-state index contributed by atoms with van der Waals surface area (Å²) < 4.78 is 5.25. The van der Waals surface area contributed by atoms with Crippen LogP contribution >= 0.6 is 0 Å². The van der Waals surface area contributed by atoms with Gasteiger partial charge in [0.1, 0.15) is 5.82 Å². The molecule has 0 bridgehead atoms. The quantitative estimate of drug-likeness (QED) is 0.603. The molecule has 2 aromatic rings. The molecule has 1 fully saturated rings. The zero-order valence-corrected chi connectivity index (χ0v) is 15.4. The van der Waals surface area contributed by atoms with E-state index < -0.39 is 5.97 Å². The Balaban J connectivity index is 1.64. The molecule has 0 atom stereocenters. The summed E-state index contributed by atoms with van der Waals surface area (Å²) in [6, 6.07) is 12.9. The summed E-state index contributed by atoms with van der Waals surface area (Å²) in [5, 5.41) is 0. The van der Waals surface area contributed by atoms with E-state index >= 15 is 0 Å². The number of hydrogen-bond donors (Lipinski definition) is 0. The van der Waals surface area contributed by atoms with Crippen molar-refractivity contribution in [2.24, 2.45) is 0 Å². The second kappa shape index (κ2) is 8.37. The van der Waals surface area contributed by atoms with Gasteiger partial charge in [-0.25, -0.2) is 4.79 Å². The summed E-state index contributed by atoms with van der Waals surface area (Å²) in [4.78, 5) is 31.7. The third-order valence-corrected chi connectivity index (χ3v) is 4.40. The first-order chi connectivity index (χ1) is 13.0. The number of ether oxygens (including phenoxy) is 1. The van der Waals surface area contributed by atoms with Gasteiger partial charge < -0.3 is 14.5 Å². The van der Waals surface area contributed by atoms with Crippen LogP contribution < -0.4 is 9.64 Å². The molecule has 1 aromatic heterocycles. The summed E-state index contributed by atoms with van der Waals surface area (Å²) in [5.74, 6) is 5.69. The summed E-state index contributed by atoms with van der Waals surface area (Å²) in [5.41, 5.74) is 1.79. The zero-order chi connectivity index (χ0) is 19.2. The molecular weight excluding hydrogens is 342 g/mol. The van der Waals surface area contributed by atoms with Crippen LogP contribution in [-0.4, -0.2) is 47.9 Å². The van der Waals surface area contributed by atoms with Gasteiger partial charge in [-0.05, 0) is 24.6 Å². The van der Waals surface area contributed by atoms with Gasteiger partial charge >= 0.3 is 5.97 Å². The fourth-order valence-corrected chi connectivity index (χ4v) is 2.84. The van der Waals surface area contributed by atoms with Crippen LogP contribution in [0, 0.1) is 18.8 Å². The van der Waals surface area contributed by atoms with Crippen molar-refractivity contribution in [3.05, 3.63) is 53.6 Å². The average molecular weight is 363 g/mol. The van der Waals surface area contributed by atoms with Crippen molar-refractivity contribution in [2.45, 2.75) is 13.8 Å². The molecule has 1 aliphatic heterocycles. The summed E-state index contributed by atoms with van der Waals surface area (Å²) >= 11 is 0. The Kier molecular flexibility index (Phi) is 5.72. The standard InChI is InChI=1S/C21H21N3O3/c1-16-6-3-4-7-18(16)10-11-21(26)27-20-9-5-8-19(22-20)24-14-12-23(13-15-24)17(2)25/h3-9H,12-15H2,1-2H3. The first-order valence-electron chi connectivity index (χ1n) is 8.80. The number of aryl methyl sites for hydroxylation is 1. The van der Waals surface area contributed by atoms with Crippen molar-refractivity contribution < 1.29 is 14.3 Å². The van der Waals surface area contributed by atoms with Crippen molar-refractivity contribution in [3.8, 4) is 17.7 Å². The third-order valence-electron chi connectivity index (χ3n) is 4.40.